The molecule has 1 atom stereocenters. The zero-order valence-corrected chi connectivity index (χ0v) is 13.2. The minimum Gasteiger partial charge on any atom is -0.466 e. The quantitative estimate of drug-likeness (QED) is 0.855. The van der Waals surface area contributed by atoms with E-state index in [9.17, 15) is 9.59 Å². The summed E-state index contributed by atoms with van der Waals surface area (Å²) < 4.78 is 5.07. The van der Waals surface area contributed by atoms with E-state index in [1.54, 1.807) is 18.0 Å². The second-order valence-corrected chi connectivity index (χ2v) is 5.72. The van der Waals surface area contributed by atoms with Gasteiger partial charge in [-0.15, -0.1) is 0 Å². The summed E-state index contributed by atoms with van der Waals surface area (Å²) in [5, 5.41) is 3.90. The first-order valence-electron chi connectivity index (χ1n) is 7.97. The lowest BCUT2D eigenvalue weighted by atomic mass is 9.98. The highest BCUT2D eigenvalue weighted by Crippen LogP contribution is 2.24. The third-order valence-electron chi connectivity index (χ3n) is 4.16. The number of rotatable bonds is 3. The van der Waals surface area contributed by atoms with Gasteiger partial charge < -0.3 is 19.9 Å². The molecule has 2 heterocycles. The molecule has 1 aliphatic rings. The van der Waals surface area contributed by atoms with Crippen LogP contribution in [0.2, 0.25) is 0 Å². The van der Waals surface area contributed by atoms with Gasteiger partial charge in [0.1, 0.15) is 0 Å². The molecule has 1 saturated heterocycles. The van der Waals surface area contributed by atoms with E-state index in [0.717, 1.165) is 29.4 Å². The number of hydrogen-bond donors (Lipinski definition) is 2. The van der Waals surface area contributed by atoms with Gasteiger partial charge in [0.15, 0.2) is 0 Å². The molecule has 23 heavy (non-hydrogen) atoms. The Kier molecular flexibility index (Phi) is 4.50. The van der Waals surface area contributed by atoms with E-state index in [1.165, 1.54) is 0 Å². The maximum absolute atomic E-state index is 12.5. The van der Waals surface area contributed by atoms with Crippen LogP contribution in [0.3, 0.4) is 0 Å². The van der Waals surface area contributed by atoms with Crippen LogP contribution in [0.1, 0.15) is 19.8 Å². The van der Waals surface area contributed by atoms with Crippen LogP contribution < -0.4 is 5.32 Å². The molecule has 1 aromatic carbocycles. The van der Waals surface area contributed by atoms with E-state index in [-0.39, 0.29) is 17.9 Å². The molecule has 1 aliphatic heterocycles. The molecule has 1 fully saturated rings. The molecule has 2 N–H and O–H groups in total. The number of hydrogen-bond acceptors (Lipinski definition) is 3. The SMILES string of the molecule is CCOC(=O)[C@@H]1CCCN(C(=O)Nc2c[nH]c3ccccc23)C1. The van der Waals surface area contributed by atoms with E-state index < -0.39 is 0 Å². The molecule has 2 amide bonds. The molecular weight excluding hydrogens is 294 g/mol. The smallest absolute Gasteiger partial charge is 0.321 e. The number of H-pyrrole nitrogens is 1. The van der Waals surface area contributed by atoms with Gasteiger partial charge in [0.05, 0.1) is 18.2 Å². The maximum atomic E-state index is 12.5. The molecule has 3 rings (SSSR count). The van der Waals surface area contributed by atoms with Crippen molar-refractivity contribution in [1.29, 1.82) is 0 Å². The van der Waals surface area contributed by atoms with Crippen molar-refractivity contribution in [3.05, 3.63) is 30.5 Å². The topological polar surface area (TPSA) is 74.4 Å². The first-order valence-corrected chi connectivity index (χ1v) is 7.97. The number of carbonyl (C=O) groups excluding carboxylic acids is 2. The van der Waals surface area contributed by atoms with Crippen molar-refractivity contribution >= 4 is 28.6 Å². The fraction of sp³-hybridized carbons (Fsp3) is 0.412. The van der Waals surface area contributed by atoms with E-state index in [4.69, 9.17) is 4.74 Å². The van der Waals surface area contributed by atoms with Crippen molar-refractivity contribution < 1.29 is 14.3 Å². The number of benzene rings is 1. The average Bonchev–Trinajstić information content (AvgIpc) is 2.98. The zero-order chi connectivity index (χ0) is 16.2. The molecule has 0 radical (unpaired) electrons. The molecule has 0 aliphatic carbocycles. The number of aromatic nitrogens is 1. The van der Waals surface area contributed by atoms with Crippen molar-refractivity contribution in [2.45, 2.75) is 19.8 Å². The van der Waals surface area contributed by atoms with Gasteiger partial charge in [0.25, 0.3) is 0 Å². The molecule has 6 heteroatoms. The zero-order valence-electron chi connectivity index (χ0n) is 13.2. The Labute approximate surface area is 134 Å². The Hall–Kier alpha value is -2.50. The largest absolute Gasteiger partial charge is 0.466 e. The summed E-state index contributed by atoms with van der Waals surface area (Å²) in [6.07, 6.45) is 3.37. The number of amides is 2. The number of ether oxygens (including phenoxy) is 1. The first kappa shape index (κ1) is 15.4. The van der Waals surface area contributed by atoms with Crippen LogP contribution in [0.4, 0.5) is 10.5 Å². The fourth-order valence-corrected chi connectivity index (χ4v) is 2.98. The van der Waals surface area contributed by atoms with Gasteiger partial charge in [-0.05, 0) is 25.8 Å². The molecule has 0 unspecified atom stereocenters. The lowest BCUT2D eigenvalue weighted by Gasteiger charge is -2.31. The summed E-state index contributed by atoms with van der Waals surface area (Å²) in [6, 6.07) is 7.62. The Bertz CT molecular complexity index is 710. The van der Waals surface area contributed by atoms with Crippen LogP contribution in [0.25, 0.3) is 10.9 Å². The van der Waals surface area contributed by atoms with Crippen molar-refractivity contribution in [3.8, 4) is 0 Å². The number of urea groups is 1. The number of aromatic amines is 1. The van der Waals surface area contributed by atoms with Crippen LogP contribution in [-0.2, 0) is 9.53 Å². The molecule has 0 saturated carbocycles. The highest BCUT2D eigenvalue weighted by Gasteiger charge is 2.29. The lowest BCUT2D eigenvalue weighted by Crippen LogP contribution is -2.44. The summed E-state index contributed by atoms with van der Waals surface area (Å²) in [4.78, 5) is 29.2. The number of fused-ring (bicyclic) bond motifs is 1. The fourth-order valence-electron chi connectivity index (χ4n) is 2.98. The van der Waals surface area contributed by atoms with Crippen LogP contribution >= 0.6 is 0 Å². The highest BCUT2D eigenvalue weighted by molar-refractivity contribution is 6.01. The molecule has 2 aromatic rings. The number of likely N-dealkylation sites (tertiary alicyclic amines) is 1. The normalized spacial score (nSPS) is 18.0. The van der Waals surface area contributed by atoms with Crippen LogP contribution in [0.15, 0.2) is 30.5 Å². The van der Waals surface area contributed by atoms with Crippen LogP contribution in [0, 0.1) is 5.92 Å². The third kappa shape index (κ3) is 3.31. The van der Waals surface area contributed by atoms with E-state index in [2.05, 4.69) is 10.3 Å². The minimum absolute atomic E-state index is 0.177. The predicted octanol–water partition coefficient (Wildman–Crippen LogP) is 2.97. The van der Waals surface area contributed by atoms with Gasteiger partial charge in [-0.3, -0.25) is 4.79 Å². The van der Waals surface area contributed by atoms with Crippen molar-refractivity contribution in [3.63, 3.8) is 0 Å². The Morgan fingerprint density at radius 2 is 2.22 bits per heavy atom. The Balaban J connectivity index is 1.67. The molecule has 6 nitrogen and oxygen atoms in total. The first-order chi connectivity index (χ1) is 11.2. The van der Waals surface area contributed by atoms with E-state index in [0.29, 0.717) is 19.7 Å². The van der Waals surface area contributed by atoms with Gasteiger partial charge in [0.2, 0.25) is 0 Å². The third-order valence-corrected chi connectivity index (χ3v) is 4.16. The maximum Gasteiger partial charge on any atom is 0.321 e. The number of carbonyl (C=O) groups is 2. The van der Waals surface area contributed by atoms with E-state index >= 15 is 0 Å². The summed E-state index contributed by atoms with van der Waals surface area (Å²) in [5.74, 6) is -0.436. The Morgan fingerprint density at radius 1 is 1.39 bits per heavy atom. The van der Waals surface area contributed by atoms with Gasteiger partial charge in [-0.1, -0.05) is 18.2 Å². The minimum atomic E-state index is -0.225. The van der Waals surface area contributed by atoms with Gasteiger partial charge in [-0.2, -0.15) is 0 Å². The second-order valence-electron chi connectivity index (χ2n) is 5.72. The summed E-state index contributed by atoms with van der Waals surface area (Å²) in [5.41, 5.74) is 1.73. The van der Waals surface area contributed by atoms with Gasteiger partial charge >= 0.3 is 12.0 Å². The number of nitrogens with zero attached hydrogens (tertiary/aromatic N) is 1. The number of esters is 1. The Morgan fingerprint density at radius 3 is 3.04 bits per heavy atom. The monoisotopic (exact) mass is 315 g/mol. The highest BCUT2D eigenvalue weighted by atomic mass is 16.5. The summed E-state index contributed by atoms with van der Waals surface area (Å²) >= 11 is 0. The molecule has 0 bridgehead atoms. The standard InChI is InChI=1S/C17H21N3O3/c1-2-23-16(21)12-6-5-9-20(11-12)17(22)19-15-10-18-14-8-4-3-7-13(14)15/h3-4,7-8,10,12,18H,2,5-6,9,11H2,1H3,(H,19,22)/t12-/m1/s1. The van der Waals surface area contributed by atoms with Gasteiger partial charge in [-0.25, -0.2) is 4.79 Å². The predicted molar refractivity (Wildman–Crippen MR) is 88.2 cm³/mol. The van der Waals surface area contributed by atoms with Crippen LogP contribution in [-0.4, -0.2) is 41.6 Å². The summed E-state index contributed by atoms with van der Waals surface area (Å²) in [7, 11) is 0. The molecule has 1 aromatic heterocycles. The average molecular weight is 315 g/mol. The number of para-hydroxylation sites is 1. The van der Waals surface area contributed by atoms with Crippen molar-refractivity contribution in [2.24, 2.45) is 5.92 Å². The summed E-state index contributed by atoms with van der Waals surface area (Å²) in [6.45, 7) is 3.23. The van der Waals surface area contributed by atoms with E-state index in [1.807, 2.05) is 24.3 Å². The second kappa shape index (κ2) is 6.73. The molecule has 122 valence electrons. The van der Waals surface area contributed by atoms with Crippen molar-refractivity contribution in [2.75, 3.05) is 25.0 Å². The molecular formula is C17H21N3O3. The lowest BCUT2D eigenvalue weighted by molar-refractivity contribution is -0.149. The van der Waals surface area contributed by atoms with Gasteiger partial charge in [0, 0.05) is 30.2 Å². The number of nitrogens with one attached hydrogen (secondary N) is 2. The van der Waals surface area contributed by atoms with Crippen molar-refractivity contribution in [1.82, 2.24) is 9.88 Å². The number of anilines is 1. The molecule has 0 spiro atoms. The number of piperidine rings is 1. The van der Waals surface area contributed by atoms with Crippen LogP contribution in [0.5, 0.6) is 0 Å².